The first-order chi connectivity index (χ1) is 13.6. The second-order valence-electron chi connectivity index (χ2n) is 6.04. The molecule has 0 aliphatic rings. The predicted molar refractivity (Wildman–Crippen MR) is 101 cm³/mol. The van der Waals surface area contributed by atoms with Gasteiger partial charge < -0.3 is 10.3 Å². The Morgan fingerprint density at radius 1 is 1.11 bits per heavy atom. The van der Waals surface area contributed by atoms with Crippen LogP contribution in [0.5, 0.6) is 0 Å². The molecule has 0 bridgehead atoms. The number of rotatable bonds is 6. The van der Waals surface area contributed by atoms with Gasteiger partial charge in [0.2, 0.25) is 0 Å². The number of ketones is 1. The van der Waals surface area contributed by atoms with Crippen molar-refractivity contribution in [1.82, 2.24) is 29.9 Å². The number of fused-ring (bicyclic) bond motifs is 1. The van der Waals surface area contributed by atoms with Crippen molar-refractivity contribution in [3.63, 3.8) is 0 Å². The van der Waals surface area contributed by atoms with E-state index in [1.54, 1.807) is 36.7 Å². The van der Waals surface area contributed by atoms with Gasteiger partial charge >= 0.3 is 0 Å². The van der Waals surface area contributed by atoms with Crippen LogP contribution in [-0.4, -0.2) is 42.8 Å². The molecule has 0 fully saturated rings. The molecule has 0 unspecified atom stereocenters. The van der Waals surface area contributed by atoms with Crippen LogP contribution in [0.15, 0.2) is 65.8 Å². The molecular formula is C19H16N6O3. The third-order valence-electron chi connectivity index (χ3n) is 4.24. The number of carbonyl (C=O) groups is 2. The van der Waals surface area contributed by atoms with E-state index in [1.165, 1.54) is 21.6 Å². The van der Waals surface area contributed by atoms with E-state index >= 15 is 0 Å². The van der Waals surface area contributed by atoms with Crippen molar-refractivity contribution in [1.29, 1.82) is 0 Å². The molecule has 3 heterocycles. The number of hydrogen-bond acceptors (Lipinski definition) is 5. The lowest BCUT2D eigenvalue weighted by atomic mass is 10.1. The smallest absolute Gasteiger partial charge is 0.292 e. The molecule has 9 nitrogen and oxygen atoms in total. The molecule has 0 saturated heterocycles. The number of nitrogens with one attached hydrogen (secondary N) is 2. The minimum absolute atomic E-state index is 0.0857. The summed E-state index contributed by atoms with van der Waals surface area (Å²) >= 11 is 0. The monoisotopic (exact) mass is 376 g/mol. The SMILES string of the molecule is O=C(NCCn1nc(-n2cccn2)ccc1=O)C(=O)c1c[nH]c2ccccc12. The van der Waals surface area contributed by atoms with Gasteiger partial charge in [-0.2, -0.15) is 5.10 Å². The number of carbonyl (C=O) groups excluding carboxylic acids is 2. The summed E-state index contributed by atoms with van der Waals surface area (Å²) in [4.78, 5) is 39.6. The normalized spacial score (nSPS) is 10.9. The Morgan fingerprint density at radius 3 is 2.79 bits per heavy atom. The standard InChI is InChI=1S/C19H16N6O3/c26-17-7-6-16(24-10-3-8-22-24)23-25(17)11-9-20-19(28)18(27)14-12-21-15-5-2-1-4-13(14)15/h1-8,10,12,21H,9,11H2,(H,20,28). The van der Waals surface area contributed by atoms with E-state index in [-0.39, 0.29) is 18.6 Å². The molecule has 140 valence electrons. The minimum Gasteiger partial charge on any atom is -0.360 e. The Hall–Kier alpha value is -4.01. The van der Waals surface area contributed by atoms with Crippen molar-refractivity contribution >= 4 is 22.6 Å². The number of hydrogen-bond donors (Lipinski definition) is 2. The van der Waals surface area contributed by atoms with Crippen molar-refractivity contribution < 1.29 is 9.59 Å². The minimum atomic E-state index is -0.735. The number of benzene rings is 1. The Balaban J connectivity index is 1.42. The molecule has 4 aromatic rings. The van der Waals surface area contributed by atoms with E-state index in [1.807, 2.05) is 12.1 Å². The van der Waals surface area contributed by atoms with E-state index in [2.05, 4.69) is 20.5 Å². The molecule has 3 aromatic heterocycles. The van der Waals surface area contributed by atoms with Crippen molar-refractivity contribution in [2.24, 2.45) is 0 Å². The third kappa shape index (κ3) is 3.32. The zero-order valence-electron chi connectivity index (χ0n) is 14.7. The van der Waals surface area contributed by atoms with E-state index in [4.69, 9.17) is 0 Å². The van der Waals surface area contributed by atoms with Crippen LogP contribution in [0.2, 0.25) is 0 Å². The van der Waals surface area contributed by atoms with Crippen LogP contribution in [-0.2, 0) is 11.3 Å². The quantitative estimate of drug-likeness (QED) is 0.383. The highest BCUT2D eigenvalue weighted by Crippen LogP contribution is 2.18. The maximum absolute atomic E-state index is 12.4. The largest absolute Gasteiger partial charge is 0.360 e. The van der Waals surface area contributed by atoms with Gasteiger partial charge in [-0.1, -0.05) is 18.2 Å². The lowest BCUT2D eigenvalue weighted by Crippen LogP contribution is -2.35. The van der Waals surface area contributed by atoms with Crippen molar-refractivity contribution in [3.05, 3.63) is 77.0 Å². The molecule has 0 aliphatic heterocycles. The fraction of sp³-hybridized carbons (Fsp3) is 0.105. The number of aromatic amines is 1. The Kier molecular flexibility index (Phi) is 4.55. The number of Topliss-reactive ketones (excluding diaryl/α,β-unsaturated/α-hetero) is 1. The summed E-state index contributed by atoms with van der Waals surface area (Å²) in [6.45, 7) is 0.212. The Labute approximate surface area is 158 Å². The van der Waals surface area contributed by atoms with Crippen LogP contribution in [0.25, 0.3) is 16.7 Å². The molecule has 2 N–H and O–H groups in total. The topological polar surface area (TPSA) is 115 Å². The van der Waals surface area contributed by atoms with Gasteiger partial charge in [0.25, 0.3) is 17.2 Å². The first-order valence-electron chi connectivity index (χ1n) is 8.60. The summed E-state index contributed by atoms with van der Waals surface area (Å²) in [6.07, 6.45) is 4.83. The molecule has 1 aromatic carbocycles. The third-order valence-corrected chi connectivity index (χ3v) is 4.24. The fourth-order valence-corrected chi connectivity index (χ4v) is 2.86. The highest BCUT2D eigenvalue weighted by Gasteiger charge is 2.19. The van der Waals surface area contributed by atoms with Gasteiger partial charge in [-0.25, -0.2) is 9.36 Å². The predicted octanol–water partition coefficient (Wildman–Crippen LogP) is 0.909. The van der Waals surface area contributed by atoms with Crippen LogP contribution in [0.4, 0.5) is 0 Å². The molecular weight excluding hydrogens is 360 g/mol. The maximum atomic E-state index is 12.4. The number of aromatic nitrogens is 5. The van der Waals surface area contributed by atoms with Crippen LogP contribution in [0.3, 0.4) is 0 Å². The van der Waals surface area contributed by atoms with Crippen LogP contribution in [0, 0.1) is 0 Å². The van der Waals surface area contributed by atoms with E-state index in [0.29, 0.717) is 16.8 Å². The number of para-hydroxylation sites is 1. The van der Waals surface area contributed by atoms with Gasteiger partial charge in [0.15, 0.2) is 5.82 Å². The van der Waals surface area contributed by atoms with E-state index in [9.17, 15) is 14.4 Å². The van der Waals surface area contributed by atoms with Crippen LogP contribution < -0.4 is 10.9 Å². The van der Waals surface area contributed by atoms with Crippen LogP contribution >= 0.6 is 0 Å². The lowest BCUT2D eigenvalue weighted by Gasteiger charge is -2.08. The van der Waals surface area contributed by atoms with Gasteiger partial charge in [-0.3, -0.25) is 14.4 Å². The van der Waals surface area contributed by atoms with E-state index < -0.39 is 11.7 Å². The van der Waals surface area contributed by atoms with Crippen molar-refractivity contribution in [2.45, 2.75) is 6.54 Å². The summed E-state index contributed by atoms with van der Waals surface area (Å²) in [7, 11) is 0. The molecule has 0 saturated carbocycles. The Morgan fingerprint density at radius 2 is 1.96 bits per heavy atom. The van der Waals surface area contributed by atoms with Gasteiger partial charge in [-0.15, -0.1) is 5.10 Å². The summed E-state index contributed by atoms with van der Waals surface area (Å²) in [6, 6.07) is 11.9. The molecule has 0 aliphatic carbocycles. The highest BCUT2D eigenvalue weighted by atomic mass is 16.2. The number of H-pyrrole nitrogens is 1. The Bertz CT molecular complexity index is 1210. The summed E-state index contributed by atoms with van der Waals surface area (Å²) < 4.78 is 2.74. The zero-order chi connectivity index (χ0) is 19.5. The number of amides is 1. The van der Waals surface area contributed by atoms with Crippen LogP contribution in [0.1, 0.15) is 10.4 Å². The second kappa shape index (κ2) is 7.31. The molecule has 1 amide bonds. The number of nitrogens with zero attached hydrogens (tertiary/aromatic N) is 4. The molecule has 4 rings (SSSR count). The molecule has 0 atom stereocenters. The van der Waals surface area contributed by atoms with Crippen molar-refractivity contribution in [2.75, 3.05) is 6.54 Å². The van der Waals surface area contributed by atoms with E-state index in [0.717, 1.165) is 5.52 Å². The lowest BCUT2D eigenvalue weighted by molar-refractivity contribution is -0.117. The van der Waals surface area contributed by atoms with Crippen molar-refractivity contribution in [3.8, 4) is 5.82 Å². The average molecular weight is 376 g/mol. The fourth-order valence-electron chi connectivity index (χ4n) is 2.86. The first kappa shape index (κ1) is 17.4. The maximum Gasteiger partial charge on any atom is 0.292 e. The summed E-state index contributed by atoms with van der Waals surface area (Å²) in [5.41, 5.74) is 0.780. The highest BCUT2D eigenvalue weighted by molar-refractivity contribution is 6.44. The summed E-state index contributed by atoms with van der Waals surface area (Å²) in [5, 5.41) is 11.5. The molecule has 9 heteroatoms. The van der Waals surface area contributed by atoms with Gasteiger partial charge in [0, 0.05) is 42.1 Å². The zero-order valence-corrected chi connectivity index (χ0v) is 14.7. The summed E-state index contributed by atoms with van der Waals surface area (Å²) in [5.74, 6) is -0.894. The molecule has 0 spiro atoms. The second-order valence-corrected chi connectivity index (χ2v) is 6.04. The average Bonchev–Trinajstić information content (AvgIpc) is 3.39. The van der Waals surface area contributed by atoms with Gasteiger partial charge in [-0.05, 0) is 18.2 Å². The van der Waals surface area contributed by atoms with Gasteiger partial charge in [0.1, 0.15) is 0 Å². The molecule has 0 radical (unpaired) electrons. The van der Waals surface area contributed by atoms with Gasteiger partial charge in [0.05, 0.1) is 12.1 Å². The first-order valence-corrected chi connectivity index (χ1v) is 8.60. The molecule has 28 heavy (non-hydrogen) atoms.